The first-order valence-electron chi connectivity index (χ1n) is 2.70. The summed E-state index contributed by atoms with van der Waals surface area (Å²) in [6, 6.07) is 0. The molecule has 1 rings (SSSR count). The van der Waals surface area contributed by atoms with Gasteiger partial charge in [0.2, 0.25) is 0 Å². The highest BCUT2D eigenvalue weighted by atomic mass is 16.3. The van der Waals surface area contributed by atoms with Gasteiger partial charge < -0.3 is 5.11 Å². The number of nitrogens with zero attached hydrogens (tertiary/aromatic N) is 1. The van der Waals surface area contributed by atoms with E-state index in [-0.39, 0.29) is 12.5 Å². The second-order valence-electron chi connectivity index (χ2n) is 1.79. The van der Waals surface area contributed by atoms with E-state index in [0.717, 1.165) is 0 Å². The quantitative estimate of drug-likeness (QED) is 0.526. The Kier molecular flexibility index (Phi) is 1.75. The van der Waals surface area contributed by atoms with E-state index in [1.165, 1.54) is 6.21 Å². The lowest BCUT2D eigenvalue weighted by molar-refractivity contribution is -0.121. The van der Waals surface area contributed by atoms with E-state index in [9.17, 15) is 4.79 Å². The molecule has 1 heterocycles. The first kappa shape index (κ1) is 6.16. The normalized spacial score (nSPS) is 25.0. The zero-order chi connectivity index (χ0) is 6.69. The molecule has 0 saturated heterocycles. The minimum atomic E-state index is -0.407. The Morgan fingerprint density at radius 2 is 2.56 bits per heavy atom. The molecule has 1 aliphatic rings. The SMILES string of the molecule is O=C1N=CC=CC1CO. The van der Waals surface area contributed by atoms with Crippen LogP contribution in [0.4, 0.5) is 0 Å². The number of carbonyl (C=O) groups excluding carboxylic acids is 1. The summed E-state index contributed by atoms with van der Waals surface area (Å²) < 4.78 is 0. The van der Waals surface area contributed by atoms with Gasteiger partial charge in [-0.15, -0.1) is 0 Å². The number of carbonyl (C=O) groups is 1. The van der Waals surface area contributed by atoms with Gasteiger partial charge in [0.25, 0.3) is 5.91 Å². The van der Waals surface area contributed by atoms with Crippen molar-refractivity contribution in [1.29, 1.82) is 0 Å². The Morgan fingerprint density at radius 3 is 3.00 bits per heavy atom. The van der Waals surface area contributed by atoms with Crippen molar-refractivity contribution < 1.29 is 9.90 Å². The molecule has 0 fully saturated rings. The van der Waals surface area contributed by atoms with Crippen LogP contribution in [0.3, 0.4) is 0 Å². The third-order valence-electron chi connectivity index (χ3n) is 1.15. The zero-order valence-corrected chi connectivity index (χ0v) is 4.82. The van der Waals surface area contributed by atoms with Crippen molar-refractivity contribution in [2.75, 3.05) is 6.61 Å². The molecule has 0 aromatic heterocycles. The number of allylic oxidation sites excluding steroid dienone is 1. The number of amides is 1. The molecule has 0 radical (unpaired) electrons. The minimum Gasteiger partial charge on any atom is -0.395 e. The predicted octanol–water partition coefficient (Wildman–Crippen LogP) is -0.238. The maximum Gasteiger partial charge on any atom is 0.254 e. The number of hydrogen-bond donors (Lipinski definition) is 1. The Labute approximate surface area is 52.7 Å². The van der Waals surface area contributed by atoms with Gasteiger partial charge in [0.15, 0.2) is 0 Å². The fourth-order valence-electron chi connectivity index (χ4n) is 0.617. The maximum absolute atomic E-state index is 10.6. The van der Waals surface area contributed by atoms with Crippen molar-refractivity contribution in [3.8, 4) is 0 Å². The molecule has 1 amide bonds. The van der Waals surface area contributed by atoms with Gasteiger partial charge in [0.05, 0.1) is 12.5 Å². The van der Waals surface area contributed by atoms with Crippen LogP contribution in [-0.4, -0.2) is 23.8 Å². The molecule has 48 valence electrons. The van der Waals surface area contributed by atoms with E-state index in [2.05, 4.69) is 4.99 Å². The van der Waals surface area contributed by atoms with Crippen LogP contribution in [0, 0.1) is 5.92 Å². The van der Waals surface area contributed by atoms with E-state index in [4.69, 9.17) is 5.11 Å². The molecule has 1 N–H and O–H groups in total. The van der Waals surface area contributed by atoms with Crippen molar-refractivity contribution in [2.24, 2.45) is 10.9 Å². The highest BCUT2D eigenvalue weighted by Gasteiger charge is 2.13. The van der Waals surface area contributed by atoms with Crippen molar-refractivity contribution in [3.05, 3.63) is 12.2 Å². The summed E-state index contributed by atoms with van der Waals surface area (Å²) in [5.74, 6) is -0.671. The van der Waals surface area contributed by atoms with Crippen LogP contribution in [0.2, 0.25) is 0 Å². The zero-order valence-electron chi connectivity index (χ0n) is 4.82. The Hall–Kier alpha value is -0.960. The number of rotatable bonds is 1. The van der Waals surface area contributed by atoms with E-state index in [1.54, 1.807) is 12.2 Å². The summed E-state index contributed by atoms with van der Waals surface area (Å²) in [5, 5.41) is 8.52. The molecule has 0 bridgehead atoms. The largest absolute Gasteiger partial charge is 0.395 e. The number of hydrogen-bond acceptors (Lipinski definition) is 2. The molecular formula is C6H7NO2. The van der Waals surface area contributed by atoms with Crippen molar-refractivity contribution in [3.63, 3.8) is 0 Å². The number of aliphatic imine (C=N–C) groups is 1. The lowest BCUT2D eigenvalue weighted by Gasteiger charge is -2.04. The van der Waals surface area contributed by atoms with Gasteiger partial charge in [0.1, 0.15) is 0 Å². The first-order chi connectivity index (χ1) is 4.34. The van der Waals surface area contributed by atoms with Gasteiger partial charge in [-0.05, 0) is 6.08 Å². The summed E-state index contributed by atoms with van der Waals surface area (Å²) in [6.07, 6.45) is 4.71. The topological polar surface area (TPSA) is 49.7 Å². The number of aliphatic hydroxyl groups excluding tert-OH is 1. The Bertz CT molecular complexity index is 172. The average Bonchev–Trinajstić information content (AvgIpc) is 1.89. The number of dihydropyridines is 1. The van der Waals surface area contributed by atoms with Crippen LogP contribution < -0.4 is 0 Å². The average molecular weight is 125 g/mol. The molecule has 0 aromatic carbocycles. The Balaban J connectivity index is 2.66. The van der Waals surface area contributed by atoms with Gasteiger partial charge in [-0.3, -0.25) is 4.79 Å². The molecule has 0 aromatic rings. The third kappa shape index (κ3) is 1.23. The van der Waals surface area contributed by atoms with Crippen LogP contribution in [0.5, 0.6) is 0 Å². The van der Waals surface area contributed by atoms with Gasteiger partial charge in [-0.2, -0.15) is 0 Å². The van der Waals surface area contributed by atoms with E-state index in [0.29, 0.717) is 0 Å². The summed E-state index contributed by atoms with van der Waals surface area (Å²) >= 11 is 0. The summed E-state index contributed by atoms with van der Waals surface area (Å²) in [5.41, 5.74) is 0. The van der Waals surface area contributed by atoms with Gasteiger partial charge in [0, 0.05) is 6.21 Å². The van der Waals surface area contributed by atoms with Gasteiger partial charge in [-0.25, -0.2) is 4.99 Å². The maximum atomic E-state index is 10.6. The van der Waals surface area contributed by atoms with Crippen LogP contribution in [0.25, 0.3) is 0 Å². The fraction of sp³-hybridized carbons (Fsp3) is 0.333. The molecule has 1 atom stereocenters. The van der Waals surface area contributed by atoms with Gasteiger partial charge >= 0.3 is 0 Å². The monoisotopic (exact) mass is 125 g/mol. The van der Waals surface area contributed by atoms with Crippen molar-refractivity contribution >= 4 is 12.1 Å². The predicted molar refractivity (Wildman–Crippen MR) is 33.2 cm³/mol. The lowest BCUT2D eigenvalue weighted by atomic mass is 10.1. The standard InChI is InChI=1S/C6H7NO2/c8-4-5-2-1-3-7-6(5)9/h1-3,5,8H,4H2. The molecule has 1 unspecified atom stereocenters. The molecule has 1 aliphatic heterocycles. The smallest absolute Gasteiger partial charge is 0.254 e. The Morgan fingerprint density at radius 1 is 1.78 bits per heavy atom. The molecular weight excluding hydrogens is 118 g/mol. The summed E-state index contributed by atoms with van der Waals surface area (Å²) in [7, 11) is 0. The molecule has 0 aliphatic carbocycles. The lowest BCUT2D eigenvalue weighted by Crippen LogP contribution is -2.16. The summed E-state index contributed by atoms with van der Waals surface area (Å²) in [4.78, 5) is 14.1. The second kappa shape index (κ2) is 2.55. The second-order valence-corrected chi connectivity index (χ2v) is 1.79. The van der Waals surface area contributed by atoms with Crippen LogP contribution in [-0.2, 0) is 4.79 Å². The summed E-state index contributed by atoms with van der Waals surface area (Å²) in [6.45, 7) is -0.146. The molecule has 3 heteroatoms. The third-order valence-corrected chi connectivity index (χ3v) is 1.15. The van der Waals surface area contributed by atoms with Crippen molar-refractivity contribution in [1.82, 2.24) is 0 Å². The number of aliphatic hydroxyl groups is 1. The van der Waals surface area contributed by atoms with Crippen LogP contribution >= 0.6 is 0 Å². The van der Waals surface area contributed by atoms with E-state index in [1.807, 2.05) is 0 Å². The molecule has 3 nitrogen and oxygen atoms in total. The molecule has 9 heavy (non-hydrogen) atoms. The van der Waals surface area contributed by atoms with E-state index < -0.39 is 5.92 Å². The van der Waals surface area contributed by atoms with Crippen LogP contribution in [0.15, 0.2) is 17.1 Å². The van der Waals surface area contributed by atoms with Gasteiger partial charge in [-0.1, -0.05) is 6.08 Å². The van der Waals surface area contributed by atoms with Crippen molar-refractivity contribution in [2.45, 2.75) is 0 Å². The molecule has 0 saturated carbocycles. The highest BCUT2D eigenvalue weighted by molar-refractivity contribution is 5.94. The highest BCUT2D eigenvalue weighted by Crippen LogP contribution is 2.03. The minimum absolute atomic E-state index is 0.146. The first-order valence-corrected chi connectivity index (χ1v) is 2.70. The van der Waals surface area contributed by atoms with E-state index >= 15 is 0 Å². The van der Waals surface area contributed by atoms with Crippen LogP contribution in [0.1, 0.15) is 0 Å². The molecule has 0 spiro atoms. The fourth-order valence-corrected chi connectivity index (χ4v) is 0.617.